The number of hydrogen-bond donors (Lipinski definition) is 0. The molecular formula is C18H27ClN4O3. The van der Waals surface area contributed by atoms with E-state index in [1.807, 2.05) is 16.7 Å². The van der Waals surface area contributed by atoms with Crippen LogP contribution >= 0.6 is 11.6 Å². The average Bonchev–Trinajstić information content (AvgIpc) is 2.93. The van der Waals surface area contributed by atoms with Gasteiger partial charge in [-0.2, -0.15) is 5.10 Å². The Balaban J connectivity index is 1.64. The number of methoxy groups -OCH3 is 1. The third kappa shape index (κ3) is 4.20. The van der Waals surface area contributed by atoms with E-state index in [1.54, 1.807) is 18.0 Å². The molecule has 1 spiro atoms. The lowest BCUT2D eigenvalue weighted by atomic mass is 9.73. The largest absolute Gasteiger partial charge is 0.383 e. The molecule has 2 amide bonds. The summed E-state index contributed by atoms with van der Waals surface area (Å²) < 4.78 is 6.73. The zero-order valence-corrected chi connectivity index (χ0v) is 16.3. The minimum absolute atomic E-state index is 0.00718. The van der Waals surface area contributed by atoms with Crippen molar-refractivity contribution in [2.45, 2.75) is 39.2 Å². The van der Waals surface area contributed by atoms with Crippen LogP contribution in [0.25, 0.3) is 0 Å². The third-order valence-corrected chi connectivity index (χ3v) is 5.88. The van der Waals surface area contributed by atoms with Crippen molar-refractivity contribution in [3.05, 3.63) is 16.9 Å². The maximum absolute atomic E-state index is 12.8. The Morgan fingerprint density at radius 1 is 1.38 bits per heavy atom. The fourth-order valence-corrected chi connectivity index (χ4v) is 4.23. The van der Waals surface area contributed by atoms with E-state index >= 15 is 0 Å². The first-order valence-corrected chi connectivity index (χ1v) is 9.54. The monoisotopic (exact) mass is 382 g/mol. The SMILES string of the molecule is COCCN1CC2(CCCN(C(=O)Cn3cc(Cl)c(C)n3)C2)CCC1=O. The molecule has 8 heteroatoms. The summed E-state index contributed by atoms with van der Waals surface area (Å²) in [4.78, 5) is 28.8. The van der Waals surface area contributed by atoms with Crippen LogP contribution in [0.5, 0.6) is 0 Å². The highest BCUT2D eigenvalue weighted by Gasteiger charge is 2.42. The van der Waals surface area contributed by atoms with Gasteiger partial charge in [-0.3, -0.25) is 14.3 Å². The first kappa shape index (κ1) is 19.2. The molecule has 0 N–H and O–H groups in total. The van der Waals surface area contributed by atoms with Crippen molar-refractivity contribution in [3.8, 4) is 0 Å². The Bertz CT molecular complexity index is 658. The predicted octanol–water partition coefficient (Wildman–Crippen LogP) is 1.72. The highest BCUT2D eigenvalue weighted by molar-refractivity contribution is 6.31. The van der Waals surface area contributed by atoms with E-state index in [0.717, 1.165) is 31.5 Å². The van der Waals surface area contributed by atoms with E-state index in [2.05, 4.69) is 5.10 Å². The summed E-state index contributed by atoms with van der Waals surface area (Å²) in [5, 5.41) is 4.85. The van der Waals surface area contributed by atoms with E-state index in [0.29, 0.717) is 37.7 Å². The minimum Gasteiger partial charge on any atom is -0.383 e. The molecule has 0 bridgehead atoms. The topological polar surface area (TPSA) is 67.7 Å². The normalized spacial score (nSPS) is 23.7. The third-order valence-electron chi connectivity index (χ3n) is 5.51. The molecule has 1 atom stereocenters. The highest BCUT2D eigenvalue weighted by atomic mass is 35.5. The Labute approximate surface area is 159 Å². The van der Waals surface area contributed by atoms with Gasteiger partial charge in [0, 0.05) is 51.3 Å². The predicted molar refractivity (Wildman–Crippen MR) is 97.9 cm³/mol. The van der Waals surface area contributed by atoms with Crippen LogP contribution in [0, 0.1) is 12.3 Å². The van der Waals surface area contributed by atoms with Crippen molar-refractivity contribution in [3.63, 3.8) is 0 Å². The molecule has 0 saturated carbocycles. The van der Waals surface area contributed by atoms with E-state index in [9.17, 15) is 9.59 Å². The molecule has 26 heavy (non-hydrogen) atoms. The molecular weight excluding hydrogens is 356 g/mol. The molecule has 1 aromatic heterocycles. The van der Waals surface area contributed by atoms with Crippen LogP contribution in [-0.2, 0) is 20.9 Å². The van der Waals surface area contributed by atoms with Gasteiger partial charge in [0.1, 0.15) is 6.54 Å². The van der Waals surface area contributed by atoms with E-state index in [-0.39, 0.29) is 23.8 Å². The fraction of sp³-hybridized carbons (Fsp3) is 0.722. The molecule has 1 unspecified atom stereocenters. The molecule has 144 valence electrons. The maximum Gasteiger partial charge on any atom is 0.244 e. The van der Waals surface area contributed by atoms with Gasteiger partial charge in [-0.25, -0.2) is 0 Å². The zero-order valence-electron chi connectivity index (χ0n) is 15.5. The lowest BCUT2D eigenvalue weighted by molar-refractivity contribution is -0.144. The number of halogens is 1. The van der Waals surface area contributed by atoms with Gasteiger partial charge < -0.3 is 14.5 Å². The van der Waals surface area contributed by atoms with Gasteiger partial charge in [0.05, 0.1) is 17.3 Å². The molecule has 2 fully saturated rings. The second-order valence-electron chi connectivity index (χ2n) is 7.49. The molecule has 7 nitrogen and oxygen atoms in total. The van der Waals surface area contributed by atoms with Gasteiger partial charge in [0.15, 0.2) is 0 Å². The number of amides is 2. The van der Waals surface area contributed by atoms with Gasteiger partial charge >= 0.3 is 0 Å². The standard InChI is InChI=1S/C18H27ClN4O3/c1-14-15(19)10-23(20-14)11-17(25)21-7-3-5-18(12-21)6-4-16(24)22(13-18)8-9-26-2/h10H,3-9,11-13H2,1-2H3. The lowest BCUT2D eigenvalue weighted by Gasteiger charge is -2.48. The second kappa shape index (κ2) is 7.96. The summed E-state index contributed by atoms with van der Waals surface area (Å²) in [6.45, 7) is 5.38. The van der Waals surface area contributed by atoms with Crippen LogP contribution < -0.4 is 0 Å². The van der Waals surface area contributed by atoms with Gasteiger partial charge in [-0.05, 0) is 26.2 Å². The summed E-state index contributed by atoms with van der Waals surface area (Å²) in [5.41, 5.74) is 0.738. The summed E-state index contributed by atoms with van der Waals surface area (Å²) in [6.07, 6.45) is 5.13. The van der Waals surface area contributed by atoms with Crippen molar-refractivity contribution in [1.82, 2.24) is 19.6 Å². The van der Waals surface area contributed by atoms with Gasteiger partial charge in [0.25, 0.3) is 0 Å². The summed E-state index contributed by atoms with van der Waals surface area (Å²) >= 11 is 6.03. The number of rotatable bonds is 5. The van der Waals surface area contributed by atoms with Crippen molar-refractivity contribution in [2.24, 2.45) is 5.41 Å². The van der Waals surface area contributed by atoms with Crippen LogP contribution in [0.4, 0.5) is 0 Å². The Morgan fingerprint density at radius 2 is 2.19 bits per heavy atom. The van der Waals surface area contributed by atoms with Crippen LogP contribution in [0.3, 0.4) is 0 Å². The average molecular weight is 383 g/mol. The van der Waals surface area contributed by atoms with Crippen molar-refractivity contribution < 1.29 is 14.3 Å². The van der Waals surface area contributed by atoms with E-state index in [4.69, 9.17) is 16.3 Å². The molecule has 3 rings (SSSR count). The molecule has 0 aliphatic carbocycles. The number of piperidine rings is 2. The quantitative estimate of drug-likeness (QED) is 0.777. The Morgan fingerprint density at radius 3 is 2.88 bits per heavy atom. The number of hydrogen-bond acceptors (Lipinski definition) is 4. The molecule has 0 radical (unpaired) electrons. The summed E-state index contributed by atoms with van der Waals surface area (Å²) in [6, 6.07) is 0. The number of carbonyl (C=O) groups excluding carboxylic acids is 2. The van der Waals surface area contributed by atoms with E-state index in [1.165, 1.54) is 0 Å². The molecule has 3 heterocycles. The first-order valence-electron chi connectivity index (χ1n) is 9.16. The van der Waals surface area contributed by atoms with E-state index < -0.39 is 0 Å². The van der Waals surface area contributed by atoms with Crippen molar-refractivity contribution >= 4 is 23.4 Å². The number of aromatic nitrogens is 2. The van der Waals surface area contributed by atoms with Crippen molar-refractivity contribution in [2.75, 3.05) is 39.9 Å². The highest BCUT2D eigenvalue weighted by Crippen LogP contribution is 2.38. The minimum atomic E-state index is 0.00718. The Hall–Kier alpha value is -1.60. The van der Waals surface area contributed by atoms with Crippen LogP contribution in [0.15, 0.2) is 6.20 Å². The van der Waals surface area contributed by atoms with Crippen LogP contribution in [0.1, 0.15) is 31.4 Å². The molecule has 1 aromatic rings. The molecule has 2 aliphatic rings. The smallest absolute Gasteiger partial charge is 0.244 e. The molecule has 0 aromatic carbocycles. The summed E-state index contributed by atoms with van der Waals surface area (Å²) in [5.74, 6) is 0.251. The maximum atomic E-state index is 12.8. The Kier molecular flexibility index (Phi) is 5.87. The molecule has 2 saturated heterocycles. The zero-order chi connectivity index (χ0) is 18.7. The van der Waals surface area contributed by atoms with Crippen molar-refractivity contribution in [1.29, 1.82) is 0 Å². The lowest BCUT2D eigenvalue weighted by Crippen LogP contribution is -2.55. The summed E-state index contributed by atoms with van der Waals surface area (Å²) in [7, 11) is 1.65. The number of likely N-dealkylation sites (tertiary alicyclic amines) is 2. The van der Waals surface area contributed by atoms with Crippen LogP contribution in [0.2, 0.25) is 5.02 Å². The number of ether oxygens (including phenoxy) is 1. The van der Waals surface area contributed by atoms with Gasteiger partial charge in [-0.15, -0.1) is 0 Å². The van der Waals surface area contributed by atoms with Gasteiger partial charge in [0.2, 0.25) is 11.8 Å². The number of aryl methyl sites for hydroxylation is 1. The number of carbonyl (C=O) groups is 2. The van der Waals surface area contributed by atoms with Crippen LogP contribution in [-0.4, -0.2) is 71.3 Å². The second-order valence-corrected chi connectivity index (χ2v) is 7.89. The number of nitrogens with zero attached hydrogens (tertiary/aromatic N) is 4. The van der Waals surface area contributed by atoms with Gasteiger partial charge in [-0.1, -0.05) is 11.6 Å². The fourth-order valence-electron chi connectivity index (χ4n) is 4.07. The molecule has 2 aliphatic heterocycles. The first-order chi connectivity index (χ1) is 12.4.